The molecular weight excluding hydrogens is 220 g/mol. The van der Waals surface area contributed by atoms with Crippen LogP contribution in [-0.4, -0.2) is 48.9 Å². The van der Waals surface area contributed by atoms with Crippen molar-refractivity contribution in [3.8, 4) is 0 Å². The lowest BCUT2D eigenvalue weighted by molar-refractivity contribution is -0.0961. The first-order valence-electron chi connectivity index (χ1n) is 6.14. The van der Waals surface area contributed by atoms with Crippen molar-refractivity contribution in [1.82, 2.24) is 4.90 Å². The molecule has 1 amide bonds. The molecule has 0 unspecified atom stereocenters. The quantitative estimate of drug-likeness (QED) is 0.687. The molecule has 5 nitrogen and oxygen atoms in total. The van der Waals surface area contributed by atoms with E-state index in [0.29, 0.717) is 19.7 Å². The Bertz CT molecular complexity index is 305. The topological polar surface area (TPSA) is 64.8 Å². The minimum absolute atomic E-state index is 0.0370. The van der Waals surface area contributed by atoms with Crippen molar-refractivity contribution in [1.29, 1.82) is 0 Å². The number of nitrogens with two attached hydrogens (primary N) is 1. The van der Waals surface area contributed by atoms with Gasteiger partial charge in [-0.3, -0.25) is 0 Å². The minimum atomic E-state index is -0.433. The molecule has 2 heterocycles. The van der Waals surface area contributed by atoms with Gasteiger partial charge in [-0.15, -0.1) is 0 Å². The zero-order chi connectivity index (χ0) is 12.7. The third-order valence-corrected chi connectivity index (χ3v) is 3.49. The molecule has 2 saturated heterocycles. The van der Waals surface area contributed by atoms with Gasteiger partial charge in [0.05, 0.1) is 6.61 Å². The molecule has 5 heteroatoms. The number of carbonyl (C=O) groups is 1. The largest absolute Gasteiger partial charge is 0.444 e. The average Bonchev–Trinajstić information content (AvgIpc) is 2.12. The summed E-state index contributed by atoms with van der Waals surface area (Å²) in [6, 6.07) is 0.0370. The van der Waals surface area contributed by atoms with Gasteiger partial charge in [0.15, 0.2) is 0 Å². The molecule has 0 saturated carbocycles. The molecule has 0 aliphatic carbocycles. The molecule has 2 N–H and O–H groups in total. The van der Waals surface area contributed by atoms with Crippen LogP contribution in [0.5, 0.6) is 0 Å². The van der Waals surface area contributed by atoms with E-state index in [1.165, 1.54) is 0 Å². The lowest BCUT2D eigenvalue weighted by atomic mass is 9.70. The summed E-state index contributed by atoms with van der Waals surface area (Å²) >= 11 is 0. The van der Waals surface area contributed by atoms with E-state index < -0.39 is 5.60 Å². The highest BCUT2D eigenvalue weighted by Gasteiger charge is 2.51. The van der Waals surface area contributed by atoms with Crippen molar-refractivity contribution >= 4 is 6.09 Å². The zero-order valence-electron chi connectivity index (χ0n) is 10.9. The van der Waals surface area contributed by atoms with Gasteiger partial charge in [0.25, 0.3) is 0 Å². The standard InChI is InChI=1S/C12H22N2O3/c1-11(2,3)17-10(15)14-7-12(8-14)4-5-16-6-9(12)13/h9H,4-8,13H2,1-3H3/t9-/m1/s1. The van der Waals surface area contributed by atoms with Crippen LogP contribution in [0.4, 0.5) is 4.79 Å². The number of amides is 1. The maximum absolute atomic E-state index is 11.8. The Hall–Kier alpha value is -0.810. The van der Waals surface area contributed by atoms with Gasteiger partial charge >= 0.3 is 6.09 Å². The van der Waals surface area contributed by atoms with Gasteiger partial charge in [-0.05, 0) is 27.2 Å². The number of hydrogen-bond acceptors (Lipinski definition) is 4. The molecule has 2 aliphatic heterocycles. The highest BCUT2D eigenvalue weighted by Crippen LogP contribution is 2.39. The summed E-state index contributed by atoms with van der Waals surface area (Å²) in [5.41, 5.74) is 5.69. The molecule has 0 aromatic rings. The molecule has 2 fully saturated rings. The summed E-state index contributed by atoms with van der Waals surface area (Å²) in [5, 5.41) is 0. The number of nitrogens with zero attached hydrogens (tertiary/aromatic N) is 1. The fourth-order valence-corrected chi connectivity index (χ4v) is 2.41. The van der Waals surface area contributed by atoms with E-state index in [0.717, 1.165) is 13.0 Å². The van der Waals surface area contributed by atoms with Crippen LogP contribution in [-0.2, 0) is 9.47 Å². The van der Waals surface area contributed by atoms with Crippen molar-refractivity contribution < 1.29 is 14.3 Å². The van der Waals surface area contributed by atoms with E-state index in [2.05, 4.69) is 0 Å². The van der Waals surface area contributed by atoms with Crippen LogP contribution in [0.1, 0.15) is 27.2 Å². The third kappa shape index (κ3) is 2.55. The summed E-state index contributed by atoms with van der Waals surface area (Å²) in [6.07, 6.45) is 0.704. The van der Waals surface area contributed by atoms with Crippen LogP contribution >= 0.6 is 0 Å². The predicted molar refractivity (Wildman–Crippen MR) is 63.7 cm³/mol. The Morgan fingerprint density at radius 2 is 2.12 bits per heavy atom. The van der Waals surface area contributed by atoms with Crippen LogP contribution in [0.15, 0.2) is 0 Å². The predicted octanol–water partition coefficient (Wildman–Crippen LogP) is 0.971. The third-order valence-electron chi connectivity index (χ3n) is 3.49. The second kappa shape index (κ2) is 4.14. The first kappa shape index (κ1) is 12.6. The van der Waals surface area contributed by atoms with Crippen molar-refractivity contribution in [3.05, 3.63) is 0 Å². The van der Waals surface area contributed by atoms with Crippen LogP contribution in [0.25, 0.3) is 0 Å². The molecule has 17 heavy (non-hydrogen) atoms. The monoisotopic (exact) mass is 242 g/mol. The fraction of sp³-hybridized carbons (Fsp3) is 0.917. The van der Waals surface area contributed by atoms with Gasteiger partial charge < -0.3 is 20.1 Å². The number of ether oxygens (including phenoxy) is 2. The van der Waals surface area contributed by atoms with Gasteiger partial charge in [0, 0.05) is 31.2 Å². The van der Waals surface area contributed by atoms with Gasteiger partial charge in [-0.1, -0.05) is 0 Å². The average molecular weight is 242 g/mol. The first-order valence-corrected chi connectivity index (χ1v) is 6.14. The van der Waals surface area contributed by atoms with Crippen molar-refractivity contribution in [2.45, 2.75) is 38.8 Å². The Kier molecular flexibility index (Phi) is 3.08. The van der Waals surface area contributed by atoms with Crippen molar-refractivity contribution in [2.75, 3.05) is 26.3 Å². The number of hydrogen-bond donors (Lipinski definition) is 1. The zero-order valence-corrected chi connectivity index (χ0v) is 10.9. The smallest absolute Gasteiger partial charge is 0.410 e. The van der Waals surface area contributed by atoms with Crippen LogP contribution in [0.2, 0.25) is 0 Å². The van der Waals surface area contributed by atoms with E-state index >= 15 is 0 Å². The van der Waals surface area contributed by atoms with E-state index in [-0.39, 0.29) is 17.6 Å². The van der Waals surface area contributed by atoms with E-state index in [1.54, 1.807) is 4.90 Å². The summed E-state index contributed by atoms with van der Waals surface area (Å²) in [7, 11) is 0. The lowest BCUT2D eigenvalue weighted by Gasteiger charge is -2.54. The molecular formula is C12H22N2O3. The minimum Gasteiger partial charge on any atom is -0.444 e. The maximum Gasteiger partial charge on any atom is 0.410 e. The van der Waals surface area contributed by atoms with Gasteiger partial charge in [-0.25, -0.2) is 4.79 Å². The summed E-state index contributed by atoms with van der Waals surface area (Å²) < 4.78 is 10.7. The molecule has 98 valence electrons. The van der Waals surface area contributed by atoms with Crippen LogP contribution < -0.4 is 5.73 Å². The highest BCUT2D eigenvalue weighted by atomic mass is 16.6. The molecule has 1 spiro atoms. The molecule has 0 radical (unpaired) electrons. The van der Waals surface area contributed by atoms with Crippen molar-refractivity contribution in [3.63, 3.8) is 0 Å². The maximum atomic E-state index is 11.8. The molecule has 1 atom stereocenters. The second-order valence-electron chi connectivity index (χ2n) is 6.13. The first-order chi connectivity index (χ1) is 7.82. The normalized spacial score (nSPS) is 27.8. The second-order valence-corrected chi connectivity index (χ2v) is 6.13. The van der Waals surface area contributed by atoms with Gasteiger partial charge in [-0.2, -0.15) is 0 Å². The van der Waals surface area contributed by atoms with Crippen molar-refractivity contribution in [2.24, 2.45) is 11.1 Å². The Morgan fingerprint density at radius 1 is 1.47 bits per heavy atom. The highest BCUT2D eigenvalue weighted by molar-refractivity contribution is 5.69. The summed E-state index contributed by atoms with van der Waals surface area (Å²) in [6.45, 7) is 8.37. The van der Waals surface area contributed by atoms with Crippen LogP contribution in [0.3, 0.4) is 0 Å². The van der Waals surface area contributed by atoms with E-state index in [4.69, 9.17) is 15.2 Å². The van der Waals surface area contributed by atoms with Crippen LogP contribution in [0, 0.1) is 5.41 Å². The SMILES string of the molecule is CC(C)(C)OC(=O)N1CC2(CCOC[C@H]2N)C1. The Morgan fingerprint density at radius 3 is 2.65 bits per heavy atom. The number of likely N-dealkylation sites (tertiary alicyclic amines) is 1. The van der Waals surface area contributed by atoms with Gasteiger partial charge in [0.1, 0.15) is 5.60 Å². The Labute approximate surface area is 102 Å². The molecule has 0 aromatic carbocycles. The summed E-state index contributed by atoms with van der Waals surface area (Å²) in [5.74, 6) is 0. The summed E-state index contributed by atoms with van der Waals surface area (Å²) in [4.78, 5) is 13.5. The lowest BCUT2D eigenvalue weighted by Crippen LogP contribution is -2.68. The molecule has 2 rings (SSSR count). The fourth-order valence-electron chi connectivity index (χ4n) is 2.41. The van der Waals surface area contributed by atoms with E-state index in [1.807, 2.05) is 20.8 Å². The van der Waals surface area contributed by atoms with E-state index in [9.17, 15) is 4.79 Å². The number of carbonyl (C=O) groups excluding carboxylic acids is 1. The molecule has 2 aliphatic rings. The van der Waals surface area contributed by atoms with Gasteiger partial charge in [0.2, 0.25) is 0 Å². The number of rotatable bonds is 0. The molecule has 0 aromatic heterocycles. The Balaban J connectivity index is 1.87. The molecule has 0 bridgehead atoms.